The summed E-state index contributed by atoms with van der Waals surface area (Å²) in [7, 11) is 0. The van der Waals surface area contributed by atoms with Crippen molar-refractivity contribution in [3.63, 3.8) is 0 Å². The van der Waals surface area contributed by atoms with Crippen molar-refractivity contribution < 1.29 is 14.3 Å². The Hall–Kier alpha value is -1.69. The first-order valence-electron chi connectivity index (χ1n) is 5.18. The summed E-state index contributed by atoms with van der Waals surface area (Å²) in [6, 6.07) is 4.46. The lowest BCUT2D eigenvalue weighted by Gasteiger charge is -2.08. The lowest BCUT2D eigenvalue weighted by Crippen LogP contribution is -2.11. The minimum Gasteiger partial charge on any atom is -0.477 e. The van der Waals surface area contributed by atoms with Crippen molar-refractivity contribution >= 4 is 21.9 Å². The molecule has 0 atom stereocenters. The standard InChI is InChI=1S/C12H10BrFN2O2/c1-7-15-5-11(12(17)18)16(7)6-8-2-9(13)4-10(14)3-8/h2-5H,6H2,1H3,(H,17,18). The van der Waals surface area contributed by atoms with Crippen molar-refractivity contribution in [3.8, 4) is 0 Å². The van der Waals surface area contributed by atoms with Crippen LogP contribution in [-0.4, -0.2) is 20.6 Å². The molecule has 4 nitrogen and oxygen atoms in total. The molecule has 1 aromatic heterocycles. The average Bonchev–Trinajstić information content (AvgIpc) is 2.59. The highest BCUT2D eigenvalue weighted by molar-refractivity contribution is 9.10. The first kappa shape index (κ1) is 12.8. The summed E-state index contributed by atoms with van der Waals surface area (Å²) < 4.78 is 15.4. The van der Waals surface area contributed by atoms with E-state index in [0.717, 1.165) is 0 Å². The van der Waals surface area contributed by atoms with Crippen molar-refractivity contribution in [2.24, 2.45) is 0 Å². The lowest BCUT2D eigenvalue weighted by molar-refractivity contribution is 0.0685. The average molecular weight is 313 g/mol. The van der Waals surface area contributed by atoms with Crippen LogP contribution in [0.3, 0.4) is 0 Å². The first-order chi connectivity index (χ1) is 8.47. The molecule has 0 bridgehead atoms. The minimum atomic E-state index is -1.05. The molecular formula is C12H10BrFN2O2. The van der Waals surface area contributed by atoms with Gasteiger partial charge in [-0.1, -0.05) is 15.9 Å². The van der Waals surface area contributed by atoms with Crippen molar-refractivity contribution in [1.82, 2.24) is 9.55 Å². The van der Waals surface area contributed by atoms with E-state index in [2.05, 4.69) is 20.9 Å². The molecule has 0 fully saturated rings. The van der Waals surface area contributed by atoms with Crippen LogP contribution in [0.1, 0.15) is 21.9 Å². The Labute approximate surface area is 111 Å². The van der Waals surface area contributed by atoms with Crippen LogP contribution in [0.4, 0.5) is 4.39 Å². The fourth-order valence-electron chi connectivity index (χ4n) is 1.72. The zero-order chi connectivity index (χ0) is 13.3. The van der Waals surface area contributed by atoms with E-state index < -0.39 is 5.97 Å². The lowest BCUT2D eigenvalue weighted by atomic mass is 10.2. The SMILES string of the molecule is Cc1ncc(C(=O)O)n1Cc1cc(F)cc(Br)c1. The molecule has 0 spiro atoms. The Kier molecular flexibility index (Phi) is 3.47. The van der Waals surface area contributed by atoms with Crippen LogP contribution in [0.2, 0.25) is 0 Å². The van der Waals surface area contributed by atoms with E-state index in [9.17, 15) is 9.18 Å². The molecule has 0 aliphatic rings. The topological polar surface area (TPSA) is 55.1 Å². The second-order valence-electron chi connectivity index (χ2n) is 3.86. The molecule has 0 unspecified atom stereocenters. The van der Waals surface area contributed by atoms with Crippen molar-refractivity contribution in [2.75, 3.05) is 0 Å². The number of carboxylic acids is 1. The van der Waals surface area contributed by atoms with Gasteiger partial charge in [-0.15, -0.1) is 0 Å². The maximum absolute atomic E-state index is 13.2. The summed E-state index contributed by atoms with van der Waals surface area (Å²) in [6.07, 6.45) is 1.30. The van der Waals surface area contributed by atoms with Crippen LogP contribution < -0.4 is 0 Å². The molecule has 1 aromatic carbocycles. The molecule has 0 aliphatic carbocycles. The third kappa shape index (κ3) is 2.59. The van der Waals surface area contributed by atoms with E-state index in [1.807, 2.05) is 0 Å². The van der Waals surface area contributed by atoms with Gasteiger partial charge in [0.15, 0.2) is 0 Å². The number of carboxylic acid groups (broad SMARTS) is 1. The fourth-order valence-corrected chi connectivity index (χ4v) is 2.24. The third-order valence-corrected chi connectivity index (χ3v) is 3.00. The molecular weight excluding hydrogens is 303 g/mol. The van der Waals surface area contributed by atoms with Crippen LogP contribution in [0.25, 0.3) is 0 Å². The second kappa shape index (κ2) is 4.89. The number of halogens is 2. The Morgan fingerprint density at radius 3 is 2.83 bits per heavy atom. The highest BCUT2D eigenvalue weighted by atomic mass is 79.9. The molecule has 18 heavy (non-hydrogen) atoms. The Morgan fingerprint density at radius 2 is 2.22 bits per heavy atom. The molecule has 0 amide bonds. The smallest absolute Gasteiger partial charge is 0.354 e. The van der Waals surface area contributed by atoms with Crippen molar-refractivity contribution in [3.05, 3.63) is 51.8 Å². The van der Waals surface area contributed by atoms with E-state index in [0.29, 0.717) is 15.9 Å². The summed E-state index contributed by atoms with van der Waals surface area (Å²) in [6.45, 7) is 1.98. The van der Waals surface area contributed by atoms with Crippen molar-refractivity contribution in [2.45, 2.75) is 13.5 Å². The molecule has 6 heteroatoms. The first-order valence-corrected chi connectivity index (χ1v) is 5.97. The largest absolute Gasteiger partial charge is 0.477 e. The highest BCUT2D eigenvalue weighted by Crippen LogP contribution is 2.17. The zero-order valence-electron chi connectivity index (χ0n) is 9.52. The van der Waals surface area contributed by atoms with Gasteiger partial charge in [0.1, 0.15) is 17.3 Å². The van der Waals surface area contributed by atoms with E-state index >= 15 is 0 Å². The van der Waals surface area contributed by atoms with Crippen molar-refractivity contribution in [1.29, 1.82) is 0 Å². The zero-order valence-corrected chi connectivity index (χ0v) is 11.1. The summed E-state index contributed by atoms with van der Waals surface area (Å²) in [5.41, 5.74) is 0.762. The fraction of sp³-hybridized carbons (Fsp3) is 0.167. The summed E-state index contributed by atoms with van der Waals surface area (Å²) in [5, 5.41) is 9.02. The summed E-state index contributed by atoms with van der Waals surface area (Å²) >= 11 is 3.20. The summed E-state index contributed by atoms with van der Waals surface area (Å²) in [4.78, 5) is 15.0. The number of benzene rings is 1. The van der Waals surface area contributed by atoms with Gasteiger partial charge in [0.2, 0.25) is 0 Å². The molecule has 0 saturated heterocycles. The third-order valence-electron chi connectivity index (χ3n) is 2.54. The van der Waals surface area contributed by atoms with Gasteiger partial charge in [0.25, 0.3) is 0 Å². The predicted octanol–water partition coefficient (Wildman–Crippen LogP) is 2.84. The summed E-state index contributed by atoms with van der Waals surface area (Å²) in [5.74, 6) is -0.840. The predicted molar refractivity (Wildman–Crippen MR) is 67.1 cm³/mol. The molecule has 1 heterocycles. The Balaban J connectivity index is 2.39. The van der Waals surface area contributed by atoms with Crippen LogP contribution in [0.15, 0.2) is 28.9 Å². The highest BCUT2D eigenvalue weighted by Gasteiger charge is 2.13. The van der Waals surface area contributed by atoms with E-state index in [1.165, 1.54) is 22.9 Å². The molecule has 94 valence electrons. The van der Waals surface area contributed by atoms with Crippen LogP contribution in [0.5, 0.6) is 0 Å². The van der Waals surface area contributed by atoms with Gasteiger partial charge in [0, 0.05) is 11.0 Å². The van der Waals surface area contributed by atoms with Gasteiger partial charge < -0.3 is 9.67 Å². The number of imidazole rings is 1. The Bertz CT molecular complexity index is 590. The maximum atomic E-state index is 13.2. The monoisotopic (exact) mass is 312 g/mol. The number of aromatic carboxylic acids is 1. The number of hydrogen-bond donors (Lipinski definition) is 1. The van der Waals surface area contributed by atoms with Gasteiger partial charge in [-0.25, -0.2) is 14.2 Å². The Morgan fingerprint density at radius 1 is 1.50 bits per heavy atom. The number of carbonyl (C=O) groups is 1. The number of aryl methyl sites for hydroxylation is 1. The van der Waals surface area contributed by atoms with Gasteiger partial charge in [-0.2, -0.15) is 0 Å². The van der Waals surface area contributed by atoms with Gasteiger partial charge in [0.05, 0.1) is 6.20 Å². The van der Waals surface area contributed by atoms with Crippen LogP contribution in [-0.2, 0) is 6.54 Å². The number of aromatic nitrogens is 2. The van der Waals surface area contributed by atoms with E-state index in [4.69, 9.17) is 5.11 Å². The molecule has 2 rings (SSSR count). The quantitative estimate of drug-likeness (QED) is 0.948. The molecule has 1 N–H and O–H groups in total. The molecule has 2 aromatic rings. The number of hydrogen-bond acceptors (Lipinski definition) is 2. The second-order valence-corrected chi connectivity index (χ2v) is 4.78. The maximum Gasteiger partial charge on any atom is 0.354 e. The normalized spacial score (nSPS) is 10.6. The molecule has 0 aliphatic heterocycles. The molecule has 0 saturated carbocycles. The minimum absolute atomic E-state index is 0.0906. The van der Waals surface area contributed by atoms with Gasteiger partial charge in [-0.05, 0) is 30.7 Å². The van der Waals surface area contributed by atoms with E-state index in [-0.39, 0.29) is 18.1 Å². The molecule has 0 radical (unpaired) electrons. The number of rotatable bonds is 3. The van der Waals surface area contributed by atoms with Gasteiger partial charge >= 0.3 is 5.97 Å². The van der Waals surface area contributed by atoms with Gasteiger partial charge in [-0.3, -0.25) is 0 Å². The van der Waals surface area contributed by atoms with Crippen LogP contribution >= 0.6 is 15.9 Å². The van der Waals surface area contributed by atoms with E-state index in [1.54, 1.807) is 13.0 Å². The number of nitrogens with zero attached hydrogens (tertiary/aromatic N) is 2. The van der Waals surface area contributed by atoms with Crippen LogP contribution in [0, 0.1) is 12.7 Å².